The second-order valence-electron chi connectivity index (χ2n) is 13.8. The third-order valence-electron chi connectivity index (χ3n) is 9.58. The fourth-order valence-corrected chi connectivity index (χ4v) is 7.27. The first-order chi connectivity index (χ1) is 21.6. The summed E-state index contributed by atoms with van der Waals surface area (Å²) in [6, 6.07) is 23.1. The third-order valence-corrected chi connectivity index (χ3v) is 9.89. The van der Waals surface area contributed by atoms with Gasteiger partial charge in [0.15, 0.2) is 5.43 Å². The van der Waals surface area contributed by atoms with Crippen molar-refractivity contribution in [2.24, 2.45) is 17.3 Å². The first-order valence-corrected chi connectivity index (χ1v) is 16.6. The predicted octanol–water partition coefficient (Wildman–Crippen LogP) is 10.2. The molecule has 2 aliphatic carbocycles. The number of hydrogen-bond acceptors (Lipinski definition) is 2. The van der Waals surface area contributed by atoms with Gasteiger partial charge in [-0.05, 0) is 109 Å². The predicted molar refractivity (Wildman–Crippen MR) is 183 cm³/mol. The smallest absolute Gasteiger partial charge is 0.252 e. The fourth-order valence-electron chi connectivity index (χ4n) is 7.01. The Morgan fingerprint density at radius 3 is 2.42 bits per heavy atom. The molecule has 5 heteroatoms. The average molecular weight is 622 g/mol. The fraction of sp³-hybridized carbons (Fsp3) is 0.350. The zero-order chi connectivity index (χ0) is 31.7. The molecule has 0 aliphatic heterocycles. The molecule has 2 aliphatic rings. The molecular formula is C40H41ClFNO2. The van der Waals surface area contributed by atoms with Crippen molar-refractivity contribution in [2.75, 3.05) is 0 Å². The van der Waals surface area contributed by atoms with E-state index in [1.807, 2.05) is 48.5 Å². The van der Waals surface area contributed by atoms with Gasteiger partial charge in [-0.15, -0.1) is 0 Å². The first kappa shape index (κ1) is 31.2. The van der Waals surface area contributed by atoms with Crippen LogP contribution in [0.2, 0.25) is 5.02 Å². The van der Waals surface area contributed by atoms with Crippen LogP contribution in [0.4, 0.5) is 4.39 Å². The van der Waals surface area contributed by atoms with E-state index < -0.39 is 0 Å². The van der Waals surface area contributed by atoms with E-state index in [9.17, 15) is 14.0 Å². The number of carbonyl (C=O) groups excluding carboxylic acids is 1. The number of carbonyl (C=O) groups is 1. The molecule has 0 spiro atoms. The van der Waals surface area contributed by atoms with Crippen LogP contribution in [0, 0.1) is 23.1 Å². The van der Waals surface area contributed by atoms with Crippen LogP contribution < -0.4 is 10.7 Å². The number of amides is 1. The van der Waals surface area contributed by atoms with Gasteiger partial charge < -0.3 is 5.32 Å². The number of rotatable bonds is 7. The summed E-state index contributed by atoms with van der Waals surface area (Å²) < 4.78 is 14.4. The van der Waals surface area contributed by atoms with Gasteiger partial charge in [0.2, 0.25) is 0 Å². The van der Waals surface area contributed by atoms with Crippen molar-refractivity contribution in [3.63, 3.8) is 0 Å². The number of hydrogen-bond donors (Lipinski definition) is 1. The molecule has 45 heavy (non-hydrogen) atoms. The summed E-state index contributed by atoms with van der Waals surface area (Å²) in [5, 5.41) is 4.54. The van der Waals surface area contributed by atoms with E-state index >= 15 is 0 Å². The molecule has 0 radical (unpaired) electrons. The van der Waals surface area contributed by atoms with E-state index in [1.54, 1.807) is 18.2 Å². The van der Waals surface area contributed by atoms with Gasteiger partial charge in [0, 0.05) is 10.8 Å². The van der Waals surface area contributed by atoms with Gasteiger partial charge in [0.25, 0.3) is 5.91 Å². The van der Waals surface area contributed by atoms with E-state index in [2.05, 4.69) is 32.2 Å². The van der Waals surface area contributed by atoms with Crippen molar-refractivity contribution in [3.05, 3.63) is 128 Å². The highest BCUT2D eigenvalue weighted by Gasteiger charge is 2.35. The Bertz CT molecular complexity index is 1820. The number of nitrogens with one attached hydrogen (secondary N) is 1. The summed E-state index contributed by atoms with van der Waals surface area (Å²) in [5.74, 6) is -0.0213. The maximum absolute atomic E-state index is 14.8. The van der Waals surface area contributed by atoms with Crippen molar-refractivity contribution < 1.29 is 9.18 Å². The highest BCUT2D eigenvalue weighted by molar-refractivity contribution is 6.36. The Morgan fingerprint density at radius 1 is 0.956 bits per heavy atom. The molecule has 2 unspecified atom stereocenters. The molecule has 2 atom stereocenters. The van der Waals surface area contributed by atoms with Gasteiger partial charge in [-0.3, -0.25) is 9.59 Å². The maximum Gasteiger partial charge on any atom is 0.252 e. The quantitative estimate of drug-likeness (QED) is 0.209. The summed E-state index contributed by atoms with van der Waals surface area (Å²) in [5.41, 5.74) is 5.15. The topological polar surface area (TPSA) is 46.2 Å². The summed E-state index contributed by atoms with van der Waals surface area (Å²) in [6.45, 7) is 6.81. The molecule has 0 heterocycles. The zero-order valence-electron chi connectivity index (χ0n) is 26.3. The van der Waals surface area contributed by atoms with Crippen molar-refractivity contribution in [2.45, 2.75) is 71.8 Å². The number of halogens is 2. The summed E-state index contributed by atoms with van der Waals surface area (Å²) in [4.78, 5) is 28.7. The van der Waals surface area contributed by atoms with E-state index in [0.29, 0.717) is 33.7 Å². The molecule has 6 rings (SSSR count). The number of benzene rings is 3. The largest absolute Gasteiger partial charge is 0.345 e. The lowest BCUT2D eigenvalue weighted by Crippen LogP contribution is -2.31. The van der Waals surface area contributed by atoms with Crippen LogP contribution in [0.25, 0.3) is 21.9 Å². The van der Waals surface area contributed by atoms with Crippen LogP contribution in [0.5, 0.6) is 0 Å². The van der Waals surface area contributed by atoms with Crippen molar-refractivity contribution in [3.8, 4) is 11.1 Å². The van der Waals surface area contributed by atoms with Crippen LogP contribution in [-0.4, -0.2) is 5.91 Å². The molecule has 4 aromatic rings. The molecule has 0 bridgehead atoms. The van der Waals surface area contributed by atoms with Gasteiger partial charge >= 0.3 is 0 Å². The highest BCUT2D eigenvalue weighted by atomic mass is 35.5. The lowest BCUT2D eigenvalue weighted by molar-refractivity contribution is 0.0932. The Kier molecular flexibility index (Phi) is 8.97. The normalized spacial score (nSPS) is 17.8. The van der Waals surface area contributed by atoms with Crippen LogP contribution in [0.3, 0.4) is 0 Å². The lowest BCUT2D eigenvalue weighted by Gasteiger charge is -2.24. The summed E-state index contributed by atoms with van der Waals surface area (Å²) >= 11 is 6.72. The number of fused-ring (bicyclic) bond motifs is 1. The van der Waals surface area contributed by atoms with E-state index in [-0.39, 0.29) is 34.5 Å². The second-order valence-corrected chi connectivity index (χ2v) is 14.2. The van der Waals surface area contributed by atoms with Crippen molar-refractivity contribution >= 4 is 28.3 Å². The minimum Gasteiger partial charge on any atom is -0.345 e. The maximum atomic E-state index is 14.8. The molecule has 0 aromatic heterocycles. The minimum atomic E-state index is -0.330. The zero-order valence-corrected chi connectivity index (χ0v) is 27.1. The molecule has 1 saturated carbocycles. The molecular weight excluding hydrogens is 581 g/mol. The molecule has 232 valence electrons. The van der Waals surface area contributed by atoms with Crippen LogP contribution >= 0.6 is 11.6 Å². The molecule has 3 nitrogen and oxygen atoms in total. The molecule has 1 amide bonds. The minimum absolute atomic E-state index is 0.119. The van der Waals surface area contributed by atoms with Gasteiger partial charge in [-0.25, -0.2) is 4.39 Å². The second kappa shape index (κ2) is 12.9. The Balaban J connectivity index is 1.53. The molecule has 4 aromatic carbocycles. The Labute approximate surface area is 270 Å². The number of allylic oxidation sites excluding steroid dienone is 2. The highest BCUT2D eigenvalue weighted by Crippen LogP contribution is 2.42. The van der Waals surface area contributed by atoms with Crippen LogP contribution in [-0.2, 0) is 6.42 Å². The van der Waals surface area contributed by atoms with Gasteiger partial charge in [-0.1, -0.05) is 98.6 Å². The Hall–Kier alpha value is -3.76. The van der Waals surface area contributed by atoms with Crippen molar-refractivity contribution in [1.82, 2.24) is 5.32 Å². The average Bonchev–Trinajstić information content (AvgIpc) is 3.87. The lowest BCUT2D eigenvalue weighted by atomic mass is 9.82. The molecule has 1 fully saturated rings. The first-order valence-electron chi connectivity index (χ1n) is 16.2. The van der Waals surface area contributed by atoms with E-state index in [1.165, 1.54) is 17.7 Å². The van der Waals surface area contributed by atoms with Crippen LogP contribution in [0.1, 0.15) is 86.8 Å². The molecule has 1 N–H and O–H groups in total. The summed E-state index contributed by atoms with van der Waals surface area (Å²) in [7, 11) is 0. The summed E-state index contributed by atoms with van der Waals surface area (Å²) in [6.07, 6.45) is 9.00. The monoisotopic (exact) mass is 621 g/mol. The third kappa shape index (κ3) is 6.92. The van der Waals surface area contributed by atoms with E-state index in [4.69, 9.17) is 11.6 Å². The molecule has 0 saturated heterocycles. The van der Waals surface area contributed by atoms with Gasteiger partial charge in [-0.2, -0.15) is 0 Å². The standard InChI is InChI=1S/C40H41ClFNO2/c1-40(2,3)29-14-7-10-25(18-21-29)22-33-32(26-11-5-4-6-12-26)24-35(44)37-31(16-9-17-34(37)41)36(33)39(45)43-38(27-19-20-27)28-13-8-15-30(42)23-28/h4-6,8-9,11-17,23-25,27,38H,7,10,18-22H2,1-3H3,(H,43,45). The Morgan fingerprint density at radius 2 is 1.71 bits per heavy atom. The van der Waals surface area contributed by atoms with Crippen molar-refractivity contribution in [1.29, 1.82) is 0 Å². The van der Waals surface area contributed by atoms with E-state index in [0.717, 1.165) is 60.8 Å². The van der Waals surface area contributed by atoms with Crippen LogP contribution in [0.15, 0.2) is 95.3 Å². The van der Waals surface area contributed by atoms with Gasteiger partial charge in [0.1, 0.15) is 5.82 Å². The SMILES string of the molecule is CC(C)(C)C1=CCCC(Cc2c(-c3ccccc3)cc(=O)c3c(Cl)cccc3c2C(=O)NC(c2cccc(F)c2)C2CC2)CC1. The van der Waals surface area contributed by atoms with Gasteiger partial charge in [0.05, 0.1) is 16.6 Å².